The second-order valence-corrected chi connectivity index (χ2v) is 7.93. The topological polar surface area (TPSA) is 94.8 Å². The lowest BCUT2D eigenvalue weighted by atomic mass is 10.2. The number of para-hydroxylation sites is 1. The summed E-state index contributed by atoms with van der Waals surface area (Å²) < 4.78 is 7.46. The molecule has 8 heteroatoms. The zero-order chi connectivity index (χ0) is 23.7. The molecule has 0 saturated heterocycles. The highest BCUT2D eigenvalue weighted by molar-refractivity contribution is 6.05. The summed E-state index contributed by atoms with van der Waals surface area (Å²) in [5, 5.41) is 8.35. The maximum atomic E-state index is 13.0. The first-order chi connectivity index (χ1) is 16.5. The molecule has 0 aliphatic carbocycles. The van der Waals surface area contributed by atoms with Crippen molar-refractivity contribution >= 4 is 22.5 Å². The summed E-state index contributed by atoms with van der Waals surface area (Å²) in [4.78, 5) is 26.3. The average Bonchev–Trinajstić information content (AvgIpc) is 3.19. The number of hydrogen-bond acceptors (Lipinski definition) is 6. The highest BCUT2D eigenvalue weighted by Gasteiger charge is 2.16. The van der Waals surface area contributed by atoms with E-state index in [1.165, 1.54) is 0 Å². The number of nitrogens with one attached hydrogen (secondary N) is 1. The fourth-order valence-electron chi connectivity index (χ4n) is 3.72. The molecule has 0 atom stereocenters. The van der Waals surface area contributed by atoms with E-state index in [1.54, 1.807) is 35.1 Å². The summed E-state index contributed by atoms with van der Waals surface area (Å²) in [5.74, 6) is 0.902. The van der Waals surface area contributed by atoms with Gasteiger partial charge in [-0.15, -0.1) is 0 Å². The van der Waals surface area contributed by atoms with Crippen LogP contribution in [0.5, 0.6) is 11.8 Å². The summed E-state index contributed by atoms with van der Waals surface area (Å²) in [6.07, 6.45) is 1.55. The van der Waals surface area contributed by atoms with E-state index in [9.17, 15) is 4.79 Å². The Bertz CT molecular complexity index is 1510. The summed E-state index contributed by atoms with van der Waals surface area (Å²) in [6.45, 7) is 5.61. The number of anilines is 1. The molecule has 1 amide bonds. The van der Waals surface area contributed by atoms with Gasteiger partial charge >= 0.3 is 6.01 Å². The predicted molar refractivity (Wildman–Crippen MR) is 130 cm³/mol. The minimum atomic E-state index is -0.274. The number of aryl methyl sites for hydroxylation is 2. The van der Waals surface area contributed by atoms with Crippen LogP contribution in [0.2, 0.25) is 0 Å². The van der Waals surface area contributed by atoms with Crippen LogP contribution in [0.1, 0.15) is 27.4 Å². The van der Waals surface area contributed by atoms with Gasteiger partial charge in [0.25, 0.3) is 5.91 Å². The van der Waals surface area contributed by atoms with Gasteiger partial charge in [-0.1, -0.05) is 24.3 Å². The van der Waals surface area contributed by atoms with Crippen molar-refractivity contribution in [1.29, 1.82) is 0 Å². The van der Waals surface area contributed by atoms with Gasteiger partial charge in [0.05, 0.1) is 23.0 Å². The lowest BCUT2D eigenvalue weighted by Crippen LogP contribution is -2.13. The first kappa shape index (κ1) is 21.3. The first-order valence-electron chi connectivity index (χ1n) is 10.8. The van der Waals surface area contributed by atoms with E-state index in [-0.39, 0.29) is 11.9 Å². The molecule has 5 aromatic rings. The molecule has 0 fully saturated rings. The molecule has 0 radical (unpaired) electrons. The standard InChI is InChI=1S/C26H22N6O2/c1-16-13-17(2)29-26(28-16)34-21-9-6-8-20(14-21)30-25(33)22-15-27-32(18(22)3)24-12-11-19-7-4-5-10-23(19)31-24/h4-15H,1-3H3,(H,30,33). The van der Waals surface area contributed by atoms with Gasteiger partial charge in [0.2, 0.25) is 0 Å². The smallest absolute Gasteiger partial charge is 0.322 e. The number of aromatic nitrogens is 5. The average molecular weight is 451 g/mol. The zero-order valence-corrected chi connectivity index (χ0v) is 19.0. The van der Waals surface area contributed by atoms with Crippen LogP contribution in [0.15, 0.2) is 72.9 Å². The SMILES string of the molecule is Cc1cc(C)nc(Oc2cccc(NC(=O)c3cnn(-c4ccc5ccccc5n4)c3C)c2)n1. The fraction of sp³-hybridized carbons (Fsp3) is 0.115. The molecule has 0 unspecified atom stereocenters. The Hall–Kier alpha value is -4.59. The van der Waals surface area contributed by atoms with E-state index in [2.05, 4.69) is 25.4 Å². The molecule has 0 spiro atoms. The minimum Gasteiger partial charge on any atom is -0.424 e. The summed E-state index contributed by atoms with van der Waals surface area (Å²) in [5.41, 5.74) is 4.24. The van der Waals surface area contributed by atoms with Crippen molar-refractivity contribution in [3.05, 3.63) is 95.6 Å². The van der Waals surface area contributed by atoms with Crippen LogP contribution >= 0.6 is 0 Å². The third kappa shape index (κ3) is 4.33. The molecule has 8 nitrogen and oxygen atoms in total. The molecular formula is C26H22N6O2. The number of amides is 1. The van der Waals surface area contributed by atoms with Crippen molar-refractivity contribution < 1.29 is 9.53 Å². The Labute approximate surface area is 196 Å². The molecule has 2 aromatic carbocycles. The van der Waals surface area contributed by atoms with E-state index in [0.29, 0.717) is 28.5 Å². The van der Waals surface area contributed by atoms with Gasteiger partial charge in [0, 0.05) is 28.5 Å². The second-order valence-electron chi connectivity index (χ2n) is 7.93. The molecule has 1 N–H and O–H groups in total. The zero-order valence-electron chi connectivity index (χ0n) is 19.0. The number of nitrogens with zero attached hydrogens (tertiary/aromatic N) is 5. The third-order valence-electron chi connectivity index (χ3n) is 5.32. The summed E-state index contributed by atoms with van der Waals surface area (Å²) in [6, 6.07) is 21.0. The Balaban J connectivity index is 1.35. The molecule has 0 bridgehead atoms. The third-order valence-corrected chi connectivity index (χ3v) is 5.32. The number of carbonyl (C=O) groups is 1. The van der Waals surface area contributed by atoms with Crippen LogP contribution in [-0.4, -0.2) is 30.6 Å². The summed E-state index contributed by atoms with van der Waals surface area (Å²) >= 11 is 0. The molecule has 5 rings (SSSR count). The normalized spacial score (nSPS) is 10.9. The van der Waals surface area contributed by atoms with Gasteiger partial charge < -0.3 is 10.1 Å². The van der Waals surface area contributed by atoms with Crippen LogP contribution in [-0.2, 0) is 0 Å². The molecule has 3 heterocycles. The maximum absolute atomic E-state index is 13.0. The number of rotatable bonds is 5. The Morgan fingerprint density at radius 1 is 0.882 bits per heavy atom. The van der Waals surface area contributed by atoms with Crippen molar-refractivity contribution in [2.45, 2.75) is 20.8 Å². The lowest BCUT2D eigenvalue weighted by molar-refractivity contribution is 0.102. The van der Waals surface area contributed by atoms with E-state index < -0.39 is 0 Å². The van der Waals surface area contributed by atoms with E-state index in [0.717, 1.165) is 22.3 Å². The van der Waals surface area contributed by atoms with Gasteiger partial charge in [-0.25, -0.2) is 19.6 Å². The van der Waals surface area contributed by atoms with E-state index >= 15 is 0 Å². The molecule has 168 valence electrons. The summed E-state index contributed by atoms with van der Waals surface area (Å²) in [7, 11) is 0. The Morgan fingerprint density at radius 2 is 1.68 bits per heavy atom. The highest BCUT2D eigenvalue weighted by atomic mass is 16.5. The van der Waals surface area contributed by atoms with Gasteiger partial charge in [0.15, 0.2) is 5.82 Å². The lowest BCUT2D eigenvalue weighted by Gasteiger charge is -2.09. The quantitative estimate of drug-likeness (QED) is 0.396. The Kier molecular flexibility index (Phi) is 5.47. The van der Waals surface area contributed by atoms with Crippen LogP contribution < -0.4 is 10.1 Å². The molecule has 34 heavy (non-hydrogen) atoms. The maximum Gasteiger partial charge on any atom is 0.322 e. The predicted octanol–water partition coefficient (Wildman–Crippen LogP) is 5.18. The number of carbonyl (C=O) groups excluding carboxylic acids is 1. The van der Waals surface area contributed by atoms with Crippen LogP contribution in [0.25, 0.3) is 16.7 Å². The Morgan fingerprint density at radius 3 is 2.50 bits per heavy atom. The fourth-order valence-corrected chi connectivity index (χ4v) is 3.72. The van der Waals surface area contributed by atoms with Crippen molar-refractivity contribution in [2.75, 3.05) is 5.32 Å². The molecule has 0 aliphatic rings. The number of fused-ring (bicyclic) bond motifs is 1. The molecule has 0 aliphatic heterocycles. The van der Waals surface area contributed by atoms with E-state index in [1.807, 2.05) is 63.2 Å². The first-order valence-corrected chi connectivity index (χ1v) is 10.8. The van der Waals surface area contributed by atoms with Crippen molar-refractivity contribution in [3.63, 3.8) is 0 Å². The van der Waals surface area contributed by atoms with Gasteiger partial charge in [-0.2, -0.15) is 5.10 Å². The van der Waals surface area contributed by atoms with Crippen molar-refractivity contribution in [3.8, 4) is 17.6 Å². The largest absolute Gasteiger partial charge is 0.424 e. The number of hydrogen-bond donors (Lipinski definition) is 1. The second kappa shape index (κ2) is 8.74. The molecule has 0 saturated carbocycles. The number of pyridine rings is 1. The molecule has 3 aromatic heterocycles. The number of benzene rings is 2. The number of ether oxygens (including phenoxy) is 1. The van der Waals surface area contributed by atoms with E-state index in [4.69, 9.17) is 4.74 Å². The van der Waals surface area contributed by atoms with Crippen molar-refractivity contribution in [1.82, 2.24) is 24.7 Å². The minimum absolute atomic E-state index is 0.265. The van der Waals surface area contributed by atoms with Gasteiger partial charge in [0.1, 0.15) is 5.75 Å². The van der Waals surface area contributed by atoms with Crippen LogP contribution in [0, 0.1) is 20.8 Å². The highest BCUT2D eigenvalue weighted by Crippen LogP contribution is 2.23. The monoisotopic (exact) mass is 450 g/mol. The van der Waals surface area contributed by atoms with Crippen molar-refractivity contribution in [2.24, 2.45) is 0 Å². The van der Waals surface area contributed by atoms with Gasteiger partial charge in [-0.05, 0) is 57.2 Å². The van der Waals surface area contributed by atoms with Crippen LogP contribution in [0.4, 0.5) is 5.69 Å². The van der Waals surface area contributed by atoms with Crippen LogP contribution in [0.3, 0.4) is 0 Å². The van der Waals surface area contributed by atoms with Gasteiger partial charge in [-0.3, -0.25) is 4.79 Å². The molecular weight excluding hydrogens is 428 g/mol.